The molecule has 0 aliphatic rings. The van der Waals surface area contributed by atoms with Crippen molar-refractivity contribution in [2.45, 2.75) is 26.7 Å². The van der Waals surface area contributed by atoms with Crippen LogP contribution in [0.5, 0.6) is 0 Å². The third kappa shape index (κ3) is 59.1. The molecule has 2 N–H and O–H groups in total. The van der Waals surface area contributed by atoms with Gasteiger partial charge >= 0.3 is 0 Å². The van der Waals surface area contributed by atoms with Crippen LogP contribution in [0.15, 0.2) is 0 Å². The summed E-state index contributed by atoms with van der Waals surface area (Å²) >= 11 is 0. The second kappa shape index (κ2) is 23.7. The van der Waals surface area contributed by atoms with Crippen molar-refractivity contribution in [3.05, 3.63) is 0 Å². The predicted molar refractivity (Wildman–Crippen MR) is 34.8 cm³/mol. The SMILES string of the molecule is CCCO.CCCO.[Co]. The van der Waals surface area contributed by atoms with Gasteiger partial charge in [-0.25, -0.2) is 0 Å². The molecule has 0 bridgehead atoms. The molecule has 0 aromatic rings. The summed E-state index contributed by atoms with van der Waals surface area (Å²) in [5.41, 5.74) is 0. The first kappa shape index (κ1) is 16.2. The molecule has 0 saturated heterocycles. The van der Waals surface area contributed by atoms with Crippen molar-refractivity contribution in [3.63, 3.8) is 0 Å². The standard InChI is InChI=1S/2C3H8O.Co/c2*1-2-3-4;/h2*4H,2-3H2,1H3;. The van der Waals surface area contributed by atoms with Crippen molar-refractivity contribution in [1.82, 2.24) is 0 Å². The van der Waals surface area contributed by atoms with Gasteiger partial charge in [-0.2, -0.15) is 0 Å². The number of hydrogen-bond donors (Lipinski definition) is 2. The van der Waals surface area contributed by atoms with Gasteiger partial charge in [0.15, 0.2) is 0 Å². The monoisotopic (exact) mass is 179 g/mol. The molecule has 0 aromatic carbocycles. The Bertz CT molecular complexity index is 19.0. The van der Waals surface area contributed by atoms with Crippen LogP contribution in [0.25, 0.3) is 0 Å². The molecule has 0 fully saturated rings. The molecule has 0 spiro atoms. The number of rotatable bonds is 2. The number of aliphatic hydroxyl groups excluding tert-OH is 2. The van der Waals surface area contributed by atoms with E-state index < -0.39 is 0 Å². The van der Waals surface area contributed by atoms with Gasteiger partial charge in [0, 0.05) is 30.0 Å². The maximum Gasteiger partial charge on any atom is 0.0428 e. The minimum absolute atomic E-state index is 0. The fourth-order valence-electron chi connectivity index (χ4n) is 0. The molecule has 0 aromatic heterocycles. The van der Waals surface area contributed by atoms with Gasteiger partial charge in [0.25, 0.3) is 0 Å². The molecule has 0 unspecified atom stereocenters. The molecule has 0 atom stereocenters. The fraction of sp³-hybridized carbons (Fsp3) is 1.00. The Morgan fingerprint density at radius 2 is 1.00 bits per heavy atom. The first-order chi connectivity index (χ1) is 3.83. The van der Waals surface area contributed by atoms with Gasteiger partial charge in [-0.05, 0) is 12.8 Å². The molecule has 3 heteroatoms. The molecular formula is C6H16CoO2. The van der Waals surface area contributed by atoms with Crippen LogP contribution in [0.2, 0.25) is 0 Å². The summed E-state index contributed by atoms with van der Waals surface area (Å²) in [7, 11) is 0. The van der Waals surface area contributed by atoms with Crippen molar-refractivity contribution in [1.29, 1.82) is 0 Å². The second-order valence-corrected chi connectivity index (χ2v) is 1.45. The van der Waals surface area contributed by atoms with Crippen LogP contribution in [0, 0.1) is 0 Å². The molecule has 61 valence electrons. The van der Waals surface area contributed by atoms with Crippen LogP contribution in [0.3, 0.4) is 0 Å². The third-order valence-electron chi connectivity index (χ3n) is 0.447. The van der Waals surface area contributed by atoms with Crippen molar-refractivity contribution in [2.75, 3.05) is 13.2 Å². The summed E-state index contributed by atoms with van der Waals surface area (Å²) in [5, 5.41) is 15.8. The van der Waals surface area contributed by atoms with Crippen LogP contribution < -0.4 is 0 Å². The van der Waals surface area contributed by atoms with Gasteiger partial charge in [0.05, 0.1) is 0 Å². The van der Waals surface area contributed by atoms with E-state index in [4.69, 9.17) is 10.2 Å². The van der Waals surface area contributed by atoms with E-state index in [2.05, 4.69) is 0 Å². The molecule has 0 aliphatic carbocycles. The van der Waals surface area contributed by atoms with Crippen molar-refractivity contribution in [2.24, 2.45) is 0 Å². The topological polar surface area (TPSA) is 40.5 Å². The molecule has 0 heterocycles. The van der Waals surface area contributed by atoms with Crippen LogP contribution in [0.4, 0.5) is 0 Å². The minimum Gasteiger partial charge on any atom is -0.396 e. The fourth-order valence-corrected chi connectivity index (χ4v) is 0. The Balaban J connectivity index is -0.0000000720. The van der Waals surface area contributed by atoms with Crippen LogP contribution >= 0.6 is 0 Å². The predicted octanol–water partition coefficient (Wildman–Crippen LogP) is 0.775. The van der Waals surface area contributed by atoms with Gasteiger partial charge in [-0.3, -0.25) is 0 Å². The number of aliphatic hydroxyl groups is 2. The van der Waals surface area contributed by atoms with E-state index >= 15 is 0 Å². The van der Waals surface area contributed by atoms with Gasteiger partial charge in [0.2, 0.25) is 0 Å². The number of hydrogen-bond acceptors (Lipinski definition) is 2. The summed E-state index contributed by atoms with van der Waals surface area (Å²) < 4.78 is 0. The summed E-state index contributed by atoms with van der Waals surface area (Å²) in [4.78, 5) is 0. The van der Waals surface area contributed by atoms with Crippen molar-refractivity contribution >= 4 is 0 Å². The van der Waals surface area contributed by atoms with Gasteiger partial charge in [-0.1, -0.05) is 13.8 Å². The first-order valence-corrected chi connectivity index (χ1v) is 3.05. The van der Waals surface area contributed by atoms with E-state index in [0.29, 0.717) is 13.2 Å². The largest absolute Gasteiger partial charge is 0.396 e. The zero-order valence-electron chi connectivity index (χ0n) is 6.06. The van der Waals surface area contributed by atoms with Gasteiger partial charge in [0.1, 0.15) is 0 Å². The van der Waals surface area contributed by atoms with E-state index in [1.54, 1.807) is 0 Å². The quantitative estimate of drug-likeness (QED) is 0.657. The smallest absolute Gasteiger partial charge is 0.0428 e. The van der Waals surface area contributed by atoms with Crippen LogP contribution in [0.1, 0.15) is 26.7 Å². The average Bonchev–Trinajstić information content (AvgIpc) is 1.88. The van der Waals surface area contributed by atoms with Crippen LogP contribution in [-0.2, 0) is 16.8 Å². The Morgan fingerprint density at radius 3 is 1.00 bits per heavy atom. The Morgan fingerprint density at radius 1 is 0.889 bits per heavy atom. The van der Waals surface area contributed by atoms with E-state index in [0.717, 1.165) is 12.8 Å². The van der Waals surface area contributed by atoms with E-state index in [1.165, 1.54) is 0 Å². The summed E-state index contributed by atoms with van der Waals surface area (Å²) in [6, 6.07) is 0. The zero-order chi connectivity index (χ0) is 6.83. The zero-order valence-corrected chi connectivity index (χ0v) is 7.10. The summed E-state index contributed by atoms with van der Waals surface area (Å²) in [5.74, 6) is 0. The first-order valence-electron chi connectivity index (χ1n) is 3.05. The van der Waals surface area contributed by atoms with Crippen molar-refractivity contribution in [3.8, 4) is 0 Å². The molecule has 0 amide bonds. The van der Waals surface area contributed by atoms with E-state index in [-0.39, 0.29) is 16.8 Å². The Labute approximate surface area is 67.5 Å². The maximum absolute atomic E-state index is 7.88. The molecule has 0 saturated carbocycles. The molecule has 0 rings (SSSR count). The van der Waals surface area contributed by atoms with Gasteiger partial charge < -0.3 is 10.2 Å². The van der Waals surface area contributed by atoms with E-state index in [9.17, 15) is 0 Å². The van der Waals surface area contributed by atoms with Crippen molar-refractivity contribution < 1.29 is 27.0 Å². The second-order valence-electron chi connectivity index (χ2n) is 1.45. The molecule has 9 heavy (non-hydrogen) atoms. The van der Waals surface area contributed by atoms with Gasteiger partial charge in [-0.15, -0.1) is 0 Å². The maximum atomic E-state index is 7.88. The Kier molecular flexibility index (Phi) is 42.7. The summed E-state index contributed by atoms with van der Waals surface area (Å²) in [6.45, 7) is 4.50. The summed E-state index contributed by atoms with van der Waals surface area (Å²) in [6.07, 6.45) is 1.75. The van der Waals surface area contributed by atoms with Crippen LogP contribution in [-0.4, -0.2) is 23.4 Å². The molecule has 0 aliphatic heterocycles. The van der Waals surface area contributed by atoms with E-state index in [1.807, 2.05) is 13.8 Å². The molecular weight excluding hydrogens is 163 g/mol. The minimum atomic E-state index is 0. The average molecular weight is 179 g/mol. The Hall–Kier alpha value is 0.426. The molecule has 1 radical (unpaired) electrons. The molecule has 2 nitrogen and oxygen atoms in total. The normalized spacial score (nSPS) is 6.67. The third-order valence-corrected chi connectivity index (χ3v) is 0.447.